The van der Waals surface area contributed by atoms with Crippen LogP contribution in [0.5, 0.6) is 0 Å². The molecule has 68 valence electrons. The number of aliphatic hydroxyl groups is 1. The van der Waals surface area contributed by atoms with Gasteiger partial charge in [0, 0.05) is 0 Å². The largest absolute Gasteiger partial charge is 0.378 e. The van der Waals surface area contributed by atoms with Crippen molar-refractivity contribution < 1.29 is 9.50 Å². The summed E-state index contributed by atoms with van der Waals surface area (Å²) < 4.78 is 12.5. The lowest BCUT2D eigenvalue weighted by Gasteiger charge is -2.05. The fourth-order valence-corrected chi connectivity index (χ4v) is 0.695. The summed E-state index contributed by atoms with van der Waals surface area (Å²) in [5.74, 6) is 4.55. The summed E-state index contributed by atoms with van der Waals surface area (Å²) in [6.45, 7) is 3.11. The molecule has 0 spiro atoms. The molecule has 0 fully saturated rings. The standard InChI is InChI=1S/C10H10FNO/c1-10(2,13)7-6-8-4-3-5-9(11)12-8/h3-5,13H,1-2H3. The van der Waals surface area contributed by atoms with Crippen LogP contribution in [-0.2, 0) is 0 Å². The van der Waals surface area contributed by atoms with Crippen molar-refractivity contribution in [1.29, 1.82) is 0 Å². The SMILES string of the molecule is CC(C)(O)C#Cc1cccc(F)n1. The number of hydrogen-bond donors (Lipinski definition) is 1. The van der Waals surface area contributed by atoms with E-state index in [1.807, 2.05) is 0 Å². The highest BCUT2D eigenvalue weighted by atomic mass is 19.1. The maximum Gasteiger partial charge on any atom is 0.214 e. The minimum atomic E-state index is -1.08. The van der Waals surface area contributed by atoms with Crippen molar-refractivity contribution in [2.45, 2.75) is 19.4 Å². The van der Waals surface area contributed by atoms with E-state index in [9.17, 15) is 9.50 Å². The average molecular weight is 179 g/mol. The molecule has 0 unspecified atom stereocenters. The smallest absolute Gasteiger partial charge is 0.214 e. The van der Waals surface area contributed by atoms with E-state index in [1.54, 1.807) is 19.9 Å². The highest BCUT2D eigenvalue weighted by molar-refractivity contribution is 5.29. The van der Waals surface area contributed by atoms with Gasteiger partial charge in [-0.2, -0.15) is 4.39 Å². The van der Waals surface area contributed by atoms with E-state index in [-0.39, 0.29) is 0 Å². The molecule has 0 atom stereocenters. The van der Waals surface area contributed by atoms with E-state index in [0.29, 0.717) is 5.69 Å². The van der Waals surface area contributed by atoms with Crippen LogP contribution in [-0.4, -0.2) is 15.7 Å². The van der Waals surface area contributed by atoms with Gasteiger partial charge in [-0.25, -0.2) is 4.98 Å². The number of rotatable bonds is 0. The van der Waals surface area contributed by atoms with E-state index in [0.717, 1.165) is 0 Å². The van der Waals surface area contributed by atoms with E-state index >= 15 is 0 Å². The van der Waals surface area contributed by atoms with Crippen LogP contribution in [0.4, 0.5) is 4.39 Å². The molecule has 1 aromatic heterocycles. The minimum Gasteiger partial charge on any atom is -0.378 e. The highest BCUT2D eigenvalue weighted by Gasteiger charge is 2.05. The van der Waals surface area contributed by atoms with Gasteiger partial charge < -0.3 is 5.11 Å². The second-order valence-electron chi connectivity index (χ2n) is 3.15. The van der Waals surface area contributed by atoms with E-state index < -0.39 is 11.5 Å². The molecule has 0 aliphatic heterocycles. The van der Waals surface area contributed by atoms with E-state index in [1.165, 1.54) is 12.1 Å². The van der Waals surface area contributed by atoms with Gasteiger partial charge >= 0.3 is 0 Å². The van der Waals surface area contributed by atoms with Crippen molar-refractivity contribution in [3.05, 3.63) is 29.8 Å². The van der Waals surface area contributed by atoms with Gasteiger partial charge in [-0.15, -0.1) is 0 Å². The monoisotopic (exact) mass is 179 g/mol. The van der Waals surface area contributed by atoms with Crippen LogP contribution in [0.25, 0.3) is 0 Å². The van der Waals surface area contributed by atoms with Gasteiger partial charge in [-0.3, -0.25) is 0 Å². The summed E-state index contributed by atoms with van der Waals surface area (Å²) in [5, 5.41) is 9.25. The van der Waals surface area contributed by atoms with Gasteiger partial charge in [0.25, 0.3) is 0 Å². The summed E-state index contributed by atoms with van der Waals surface area (Å²) in [6.07, 6.45) is 0. The number of pyridine rings is 1. The van der Waals surface area contributed by atoms with Crippen molar-refractivity contribution in [3.63, 3.8) is 0 Å². The lowest BCUT2D eigenvalue weighted by molar-refractivity contribution is 0.143. The quantitative estimate of drug-likeness (QED) is 0.481. The Morgan fingerprint density at radius 2 is 2.15 bits per heavy atom. The molecule has 1 heterocycles. The molecule has 1 N–H and O–H groups in total. The Morgan fingerprint density at radius 1 is 1.46 bits per heavy atom. The summed E-state index contributed by atoms with van der Waals surface area (Å²) in [5.41, 5.74) is -0.754. The first kappa shape index (κ1) is 9.69. The summed E-state index contributed by atoms with van der Waals surface area (Å²) in [7, 11) is 0. The van der Waals surface area contributed by atoms with Gasteiger partial charge in [0.05, 0.1) is 0 Å². The van der Waals surface area contributed by atoms with Crippen LogP contribution in [0.15, 0.2) is 18.2 Å². The lowest BCUT2D eigenvalue weighted by atomic mass is 10.1. The van der Waals surface area contributed by atoms with Crippen LogP contribution in [0.1, 0.15) is 19.5 Å². The average Bonchev–Trinajstić information content (AvgIpc) is 2.00. The summed E-state index contributed by atoms with van der Waals surface area (Å²) in [6, 6.07) is 4.35. The third-order valence-corrected chi connectivity index (χ3v) is 1.21. The third-order valence-electron chi connectivity index (χ3n) is 1.21. The van der Waals surface area contributed by atoms with Crippen molar-refractivity contribution in [2.24, 2.45) is 0 Å². The molecule has 0 saturated carbocycles. The molecule has 0 bridgehead atoms. The molecule has 0 radical (unpaired) electrons. The molecule has 0 amide bonds. The zero-order valence-electron chi connectivity index (χ0n) is 7.50. The Bertz CT molecular complexity index is 357. The maximum atomic E-state index is 12.5. The molecule has 3 heteroatoms. The number of hydrogen-bond acceptors (Lipinski definition) is 2. The fourth-order valence-electron chi connectivity index (χ4n) is 0.695. The van der Waals surface area contributed by atoms with Gasteiger partial charge in [-0.1, -0.05) is 12.0 Å². The predicted octanol–water partition coefficient (Wildman–Crippen LogP) is 1.34. The second-order valence-corrected chi connectivity index (χ2v) is 3.15. The van der Waals surface area contributed by atoms with Crippen molar-refractivity contribution in [1.82, 2.24) is 4.98 Å². The molecular formula is C10H10FNO. The number of aromatic nitrogens is 1. The molecule has 0 aliphatic rings. The van der Waals surface area contributed by atoms with Crippen LogP contribution in [0.3, 0.4) is 0 Å². The molecule has 0 aliphatic carbocycles. The Morgan fingerprint density at radius 3 is 2.69 bits per heavy atom. The molecule has 1 rings (SSSR count). The highest BCUT2D eigenvalue weighted by Crippen LogP contribution is 1.99. The lowest BCUT2D eigenvalue weighted by Crippen LogP contribution is -2.14. The Labute approximate surface area is 76.4 Å². The van der Waals surface area contributed by atoms with Gasteiger partial charge in [0.15, 0.2) is 0 Å². The van der Waals surface area contributed by atoms with Gasteiger partial charge in [0.1, 0.15) is 11.3 Å². The summed E-state index contributed by atoms with van der Waals surface area (Å²) >= 11 is 0. The van der Waals surface area contributed by atoms with Gasteiger partial charge in [0.2, 0.25) is 5.95 Å². The fraction of sp³-hybridized carbons (Fsp3) is 0.300. The molecule has 2 nitrogen and oxygen atoms in total. The molecule has 0 aromatic carbocycles. The first-order valence-corrected chi connectivity index (χ1v) is 3.85. The molecular weight excluding hydrogens is 169 g/mol. The topological polar surface area (TPSA) is 33.1 Å². The minimum absolute atomic E-state index is 0.321. The Kier molecular flexibility index (Phi) is 2.64. The number of halogens is 1. The Balaban J connectivity index is 2.90. The zero-order valence-corrected chi connectivity index (χ0v) is 7.50. The third kappa shape index (κ3) is 3.68. The van der Waals surface area contributed by atoms with Crippen molar-refractivity contribution in [3.8, 4) is 11.8 Å². The van der Waals surface area contributed by atoms with Crippen molar-refractivity contribution >= 4 is 0 Å². The van der Waals surface area contributed by atoms with E-state index in [4.69, 9.17) is 0 Å². The Hall–Kier alpha value is -1.40. The van der Waals surface area contributed by atoms with Crippen LogP contribution in [0.2, 0.25) is 0 Å². The van der Waals surface area contributed by atoms with Gasteiger partial charge in [-0.05, 0) is 31.9 Å². The van der Waals surface area contributed by atoms with Crippen LogP contribution >= 0.6 is 0 Å². The second kappa shape index (κ2) is 3.55. The normalized spacial score (nSPS) is 10.5. The maximum absolute atomic E-state index is 12.5. The molecule has 0 saturated heterocycles. The zero-order chi connectivity index (χ0) is 9.90. The first-order chi connectivity index (χ1) is 5.97. The molecule has 13 heavy (non-hydrogen) atoms. The number of nitrogens with zero attached hydrogens (tertiary/aromatic N) is 1. The predicted molar refractivity (Wildman–Crippen MR) is 47.4 cm³/mol. The van der Waals surface area contributed by atoms with Crippen LogP contribution in [0, 0.1) is 17.8 Å². The summed E-state index contributed by atoms with van der Waals surface area (Å²) in [4.78, 5) is 3.52. The molecule has 1 aromatic rings. The van der Waals surface area contributed by atoms with Crippen LogP contribution < -0.4 is 0 Å². The van der Waals surface area contributed by atoms with E-state index in [2.05, 4.69) is 16.8 Å². The first-order valence-electron chi connectivity index (χ1n) is 3.85. The van der Waals surface area contributed by atoms with Crippen molar-refractivity contribution in [2.75, 3.05) is 0 Å².